The highest BCUT2D eigenvalue weighted by molar-refractivity contribution is 8.26. The molecule has 0 radical (unpaired) electrons. The Balaban J connectivity index is 1.92. The number of fused-ring (bicyclic) bond motifs is 1. The normalized spacial score (nSPS) is 19.8. The van der Waals surface area contributed by atoms with Gasteiger partial charge >= 0.3 is 0 Å². The summed E-state index contributed by atoms with van der Waals surface area (Å²) >= 11 is 6.14. The Morgan fingerprint density at radius 3 is 2.89 bits per heavy atom. The molecule has 1 aromatic rings. The number of carbonyl (C=O) groups is 2. The van der Waals surface area contributed by atoms with Crippen LogP contribution in [0.15, 0.2) is 23.1 Å². The molecule has 0 atom stereocenters. The number of carbonyl (C=O) groups excluding carboxylic acids is 2. The monoisotopic (exact) mass is 292 g/mol. The summed E-state index contributed by atoms with van der Waals surface area (Å²) in [6.07, 6.45) is 1.72. The van der Waals surface area contributed by atoms with Crippen molar-refractivity contribution in [3.05, 3.63) is 28.7 Å². The van der Waals surface area contributed by atoms with Crippen molar-refractivity contribution in [2.75, 3.05) is 11.9 Å². The first-order chi connectivity index (χ1) is 9.11. The van der Waals surface area contributed by atoms with Crippen LogP contribution in [-0.4, -0.2) is 22.7 Å². The van der Waals surface area contributed by atoms with E-state index in [1.165, 1.54) is 11.8 Å². The van der Waals surface area contributed by atoms with Gasteiger partial charge in [-0.05, 0) is 23.8 Å². The van der Waals surface area contributed by atoms with Crippen molar-refractivity contribution >= 4 is 51.9 Å². The summed E-state index contributed by atoms with van der Waals surface area (Å²) in [4.78, 5) is 23.3. The van der Waals surface area contributed by atoms with Gasteiger partial charge in [-0.25, -0.2) is 0 Å². The lowest BCUT2D eigenvalue weighted by atomic mass is 10.1. The van der Waals surface area contributed by atoms with Gasteiger partial charge in [-0.15, -0.1) is 0 Å². The van der Waals surface area contributed by atoms with E-state index in [0.717, 1.165) is 5.56 Å². The first kappa shape index (κ1) is 12.2. The highest BCUT2D eigenvalue weighted by Gasteiger charge is 2.22. The molecular weight excluding hydrogens is 284 g/mol. The Labute approximate surface area is 118 Å². The fourth-order valence-electron chi connectivity index (χ4n) is 1.76. The highest BCUT2D eigenvalue weighted by Crippen LogP contribution is 2.31. The third-order valence-electron chi connectivity index (χ3n) is 2.58. The average molecular weight is 292 g/mol. The summed E-state index contributed by atoms with van der Waals surface area (Å²) in [6, 6.07) is 5.34. The molecule has 7 heteroatoms. The van der Waals surface area contributed by atoms with Gasteiger partial charge in [0.1, 0.15) is 10.1 Å². The molecule has 0 saturated carbocycles. The van der Waals surface area contributed by atoms with E-state index >= 15 is 0 Å². The van der Waals surface area contributed by atoms with Crippen LogP contribution in [0.25, 0.3) is 6.08 Å². The third-order valence-corrected chi connectivity index (χ3v) is 3.74. The zero-order valence-corrected chi connectivity index (χ0v) is 11.2. The molecule has 96 valence electrons. The minimum atomic E-state index is -0.201. The second kappa shape index (κ2) is 4.67. The fraction of sp³-hybridized carbons (Fsp3) is 0.0833. The summed E-state index contributed by atoms with van der Waals surface area (Å²) < 4.78 is 5.71. The second-order valence-electron chi connectivity index (χ2n) is 3.94. The lowest BCUT2D eigenvalue weighted by Gasteiger charge is -2.17. The number of rotatable bonds is 1. The lowest BCUT2D eigenvalue weighted by Crippen LogP contribution is -2.25. The molecule has 3 rings (SSSR count). The molecule has 2 aliphatic heterocycles. The maximum Gasteiger partial charge on any atom is 0.263 e. The van der Waals surface area contributed by atoms with E-state index in [2.05, 4.69) is 10.6 Å². The summed E-state index contributed by atoms with van der Waals surface area (Å²) in [5, 5.41) is 5.27. The smallest absolute Gasteiger partial charge is 0.263 e. The van der Waals surface area contributed by atoms with Crippen LogP contribution < -0.4 is 15.4 Å². The number of nitrogens with one attached hydrogen (secondary N) is 2. The molecule has 0 bridgehead atoms. The summed E-state index contributed by atoms with van der Waals surface area (Å²) in [7, 11) is 0. The first-order valence-electron chi connectivity index (χ1n) is 5.43. The lowest BCUT2D eigenvalue weighted by molar-refractivity contribution is -0.118. The van der Waals surface area contributed by atoms with Gasteiger partial charge < -0.3 is 15.4 Å². The van der Waals surface area contributed by atoms with Crippen molar-refractivity contribution in [3.63, 3.8) is 0 Å². The number of amides is 2. The van der Waals surface area contributed by atoms with Crippen molar-refractivity contribution in [2.45, 2.75) is 0 Å². The second-order valence-corrected chi connectivity index (χ2v) is 5.66. The van der Waals surface area contributed by atoms with Crippen LogP contribution in [-0.2, 0) is 9.59 Å². The van der Waals surface area contributed by atoms with E-state index in [-0.39, 0.29) is 18.4 Å². The van der Waals surface area contributed by atoms with E-state index < -0.39 is 0 Å². The minimum absolute atomic E-state index is 0.0277. The topological polar surface area (TPSA) is 67.4 Å². The molecule has 2 N–H and O–H groups in total. The number of ether oxygens (including phenoxy) is 1. The number of anilines is 1. The number of hydrogen-bond donors (Lipinski definition) is 2. The van der Waals surface area contributed by atoms with Gasteiger partial charge in [0.2, 0.25) is 0 Å². The molecule has 0 spiro atoms. The van der Waals surface area contributed by atoms with Crippen molar-refractivity contribution in [2.24, 2.45) is 0 Å². The highest BCUT2D eigenvalue weighted by atomic mass is 32.2. The van der Waals surface area contributed by atoms with Gasteiger partial charge in [-0.1, -0.05) is 30.0 Å². The number of hydrogen-bond acceptors (Lipinski definition) is 5. The Morgan fingerprint density at radius 1 is 1.32 bits per heavy atom. The van der Waals surface area contributed by atoms with Crippen molar-refractivity contribution in [3.8, 4) is 5.75 Å². The van der Waals surface area contributed by atoms with Gasteiger partial charge in [0, 0.05) is 0 Å². The largest absolute Gasteiger partial charge is 0.482 e. The Kier molecular flexibility index (Phi) is 3.00. The molecule has 5 nitrogen and oxygen atoms in total. The van der Waals surface area contributed by atoms with Crippen LogP contribution in [0.3, 0.4) is 0 Å². The molecule has 2 amide bonds. The molecule has 1 saturated heterocycles. The molecule has 1 fully saturated rings. The van der Waals surface area contributed by atoms with E-state index in [9.17, 15) is 9.59 Å². The number of benzene rings is 1. The van der Waals surface area contributed by atoms with E-state index in [1.807, 2.05) is 6.07 Å². The molecule has 0 unspecified atom stereocenters. The quantitative estimate of drug-likeness (QED) is 0.606. The molecular formula is C12H8N2O3S2. The molecule has 0 aromatic heterocycles. The number of thiocarbonyl (C=S) groups is 1. The van der Waals surface area contributed by atoms with Crippen molar-refractivity contribution in [1.82, 2.24) is 5.32 Å². The van der Waals surface area contributed by atoms with Gasteiger partial charge in [0.05, 0.1) is 10.6 Å². The zero-order chi connectivity index (χ0) is 13.4. The van der Waals surface area contributed by atoms with Crippen LogP contribution in [0, 0.1) is 0 Å². The van der Waals surface area contributed by atoms with Gasteiger partial charge in [-0.2, -0.15) is 0 Å². The van der Waals surface area contributed by atoms with E-state index in [4.69, 9.17) is 17.0 Å². The van der Waals surface area contributed by atoms with Crippen LogP contribution in [0.1, 0.15) is 5.56 Å². The predicted octanol–water partition coefficient (Wildman–Crippen LogP) is 1.51. The van der Waals surface area contributed by atoms with Gasteiger partial charge in [-0.3, -0.25) is 9.59 Å². The molecule has 0 aliphatic carbocycles. The van der Waals surface area contributed by atoms with Gasteiger partial charge in [0.25, 0.3) is 11.8 Å². The standard InChI is InChI=1S/C12H8N2O3S2/c15-10-5-17-8-2-1-6(3-7(8)13-10)4-9-11(16)14-12(18)19-9/h1-4H,5H2,(H,13,15)(H,14,16,18). The third kappa shape index (κ3) is 2.47. The molecule has 2 heterocycles. The summed E-state index contributed by atoms with van der Waals surface area (Å²) in [5.41, 5.74) is 1.41. The average Bonchev–Trinajstić information content (AvgIpc) is 2.67. The molecule has 19 heavy (non-hydrogen) atoms. The Hall–Kier alpha value is -1.86. The van der Waals surface area contributed by atoms with Crippen molar-refractivity contribution < 1.29 is 14.3 Å². The van der Waals surface area contributed by atoms with Gasteiger partial charge in [0.15, 0.2) is 6.61 Å². The minimum Gasteiger partial charge on any atom is -0.482 e. The zero-order valence-electron chi connectivity index (χ0n) is 9.56. The molecule has 2 aliphatic rings. The van der Waals surface area contributed by atoms with Crippen molar-refractivity contribution in [1.29, 1.82) is 0 Å². The maximum atomic E-state index is 11.5. The van der Waals surface area contributed by atoms with Crippen LogP contribution in [0.5, 0.6) is 5.75 Å². The summed E-state index contributed by atoms with van der Waals surface area (Å²) in [6.45, 7) is 0.0277. The van der Waals surface area contributed by atoms with Crippen LogP contribution in [0.4, 0.5) is 5.69 Å². The predicted molar refractivity (Wildman–Crippen MR) is 76.9 cm³/mol. The maximum absolute atomic E-state index is 11.5. The molecule has 1 aromatic carbocycles. The Bertz CT molecular complexity index is 640. The van der Waals surface area contributed by atoms with Crippen LogP contribution in [0.2, 0.25) is 0 Å². The van der Waals surface area contributed by atoms with Crippen LogP contribution >= 0.6 is 24.0 Å². The van der Waals surface area contributed by atoms with E-state index in [1.54, 1.807) is 18.2 Å². The first-order valence-corrected chi connectivity index (χ1v) is 6.66. The Morgan fingerprint density at radius 2 is 2.16 bits per heavy atom. The fourth-order valence-corrected chi connectivity index (χ4v) is 2.81. The number of thioether (sulfide) groups is 1. The summed E-state index contributed by atoms with van der Waals surface area (Å²) in [5.74, 6) is 0.236. The van der Waals surface area contributed by atoms with E-state index in [0.29, 0.717) is 20.7 Å². The SMILES string of the molecule is O=C1COc2ccc(C=C3SC(=S)NC3=O)cc2N1.